The molecule has 0 aliphatic carbocycles. The number of rotatable bonds is 5. The number of likely N-dealkylation sites (tertiary alicyclic amines) is 1. The van der Waals surface area contributed by atoms with Gasteiger partial charge in [0.1, 0.15) is 5.82 Å². The fourth-order valence-electron chi connectivity index (χ4n) is 3.49. The molecule has 2 aromatic rings. The van der Waals surface area contributed by atoms with Gasteiger partial charge < -0.3 is 4.90 Å². The van der Waals surface area contributed by atoms with Gasteiger partial charge in [-0.1, -0.05) is 31.2 Å². The maximum atomic E-state index is 13.0. The zero-order valence-electron chi connectivity index (χ0n) is 17.0. The molecular weight excluding hydrogens is 385 g/mol. The van der Waals surface area contributed by atoms with Crippen LogP contribution in [-0.4, -0.2) is 35.7 Å². The molecule has 0 bridgehead atoms. The van der Waals surface area contributed by atoms with Crippen molar-refractivity contribution in [1.82, 2.24) is 15.8 Å². The van der Waals surface area contributed by atoms with E-state index in [2.05, 4.69) is 10.9 Å². The van der Waals surface area contributed by atoms with Crippen molar-refractivity contribution in [3.8, 4) is 0 Å². The summed E-state index contributed by atoms with van der Waals surface area (Å²) in [7, 11) is 0. The van der Waals surface area contributed by atoms with Gasteiger partial charge in [0.05, 0.1) is 12.3 Å². The van der Waals surface area contributed by atoms with E-state index in [-0.39, 0.29) is 30.0 Å². The molecule has 0 saturated carbocycles. The van der Waals surface area contributed by atoms with Crippen molar-refractivity contribution < 1.29 is 18.8 Å². The number of aryl methyl sites for hydroxylation is 1. The van der Waals surface area contributed by atoms with Gasteiger partial charge in [0.15, 0.2) is 0 Å². The lowest BCUT2D eigenvalue weighted by Crippen LogP contribution is -2.50. The molecule has 3 amide bonds. The van der Waals surface area contributed by atoms with Crippen molar-refractivity contribution in [2.75, 3.05) is 13.1 Å². The van der Waals surface area contributed by atoms with Crippen LogP contribution in [0, 0.1) is 11.7 Å². The number of halogens is 1. The maximum absolute atomic E-state index is 13.0. The van der Waals surface area contributed by atoms with Gasteiger partial charge in [0, 0.05) is 18.7 Å². The molecule has 1 atom stereocenters. The van der Waals surface area contributed by atoms with Crippen LogP contribution >= 0.6 is 0 Å². The molecule has 7 heteroatoms. The molecule has 6 nitrogen and oxygen atoms in total. The van der Waals surface area contributed by atoms with E-state index in [4.69, 9.17) is 0 Å². The number of hydrazine groups is 1. The average Bonchev–Trinajstić information content (AvgIpc) is 2.78. The van der Waals surface area contributed by atoms with Gasteiger partial charge in [0.2, 0.25) is 11.8 Å². The third kappa shape index (κ3) is 5.65. The minimum Gasteiger partial charge on any atom is -0.342 e. The summed E-state index contributed by atoms with van der Waals surface area (Å²) in [6.07, 6.45) is 2.41. The highest BCUT2D eigenvalue weighted by Crippen LogP contribution is 2.18. The SMILES string of the molecule is CCc1ccc(C(=O)NNC(=O)C2CCCN(C(=O)Cc3ccc(F)cc3)C2)cc1. The average molecular weight is 411 g/mol. The fourth-order valence-corrected chi connectivity index (χ4v) is 3.49. The molecule has 30 heavy (non-hydrogen) atoms. The van der Waals surface area contributed by atoms with Crippen molar-refractivity contribution in [3.63, 3.8) is 0 Å². The second-order valence-electron chi connectivity index (χ2n) is 7.48. The third-order valence-corrected chi connectivity index (χ3v) is 5.34. The van der Waals surface area contributed by atoms with Gasteiger partial charge in [-0.3, -0.25) is 25.2 Å². The number of amides is 3. The van der Waals surface area contributed by atoms with Crippen molar-refractivity contribution in [2.45, 2.75) is 32.6 Å². The zero-order chi connectivity index (χ0) is 21.5. The summed E-state index contributed by atoms with van der Waals surface area (Å²) >= 11 is 0. The Balaban J connectivity index is 1.50. The van der Waals surface area contributed by atoms with Crippen LogP contribution in [-0.2, 0) is 22.4 Å². The van der Waals surface area contributed by atoms with Crippen molar-refractivity contribution in [1.29, 1.82) is 0 Å². The quantitative estimate of drug-likeness (QED) is 0.743. The number of nitrogens with one attached hydrogen (secondary N) is 2. The van der Waals surface area contributed by atoms with Crippen LogP contribution in [0.15, 0.2) is 48.5 Å². The van der Waals surface area contributed by atoms with E-state index in [1.165, 1.54) is 12.1 Å². The smallest absolute Gasteiger partial charge is 0.269 e. The highest BCUT2D eigenvalue weighted by atomic mass is 19.1. The molecule has 158 valence electrons. The van der Waals surface area contributed by atoms with Crippen LogP contribution in [0.3, 0.4) is 0 Å². The first kappa shape index (κ1) is 21.5. The first-order valence-electron chi connectivity index (χ1n) is 10.2. The van der Waals surface area contributed by atoms with Crippen molar-refractivity contribution in [2.24, 2.45) is 5.92 Å². The standard InChI is InChI=1S/C23H26FN3O3/c1-2-16-5-9-18(10-6-16)22(29)25-26-23(30)19-4-3-13-27(15-19)21(28)14-17-7-11-20(24)12-8-17/h5-12,19H,2-4,13-15H2,1H3,(H,25,29)(H,26,30). The number of carbonyl (C=O) groups is 3. The second kappa shape index (κ2) is 10.0. The number of piperidine rings is 1. The first-order valence-corrected chi connectivity index (χ1v) is 10.2. The third-order valence-electron chi connectivity index (χ3n) is 5.34. The van der Waals surface area contributed by atoms with Gasteiger partial charge in [-0.15, -0.1) is 0 Å². The first-order chi connectivity index (χ1) is 14.5. The Morgan fingerprint density at radius 3 is 2.33 bits per heavy atom. The summed E-state index contributed by atoms with van der Waals surface area (Å²) in [5.74, 6) is -1.53. The van der Waals surface area contributed by atoms with Crippen LogP contribution in [0.4, 0.5) is 4.39 Å². The molecule has 3 rings (SSSR count). The predicted molar refractivity (Wildman–Crippen MR) is 111 cm³/mol. The largest absolute Gasteiger partial charge is 0.342 e. The summed E-state index contributed by atoms with van der Waals surface area (Å²) in [4.78, 5) is 38.9. The van der Waals surface area contributed by atoms with E-state index >= 15 is 0 Å². The molecule has 0 spiro atoms. The van der Waals surface area contributed by atoms with Gasteiger partial charge in [-0.05, 0) is 54.7 Å². The van der Waals surface area contributed by atoms with Crippen molar-refractivity contribution in [3.05, 3.63) is 71.0 Å². The Kier molecular flexibility index (Phi) is 7.17. The lowest BCUT2D eigenvalue weighted by molar-refractivity contribution is -0.135. The molecule has 2 N–H and O–H groups in total. The summed E-state index contributed by atoms with van der Waals surface area (Å²) in [6, 6.07) is 13.0. The van der Waals surface area contributed by atoms with Gasteiger partial charge in [-0.25, -0.2) is 4.39 Å². The Morgan fingerprint density at radius 2 is 1.67 bits per heavy atom. The minimum atomic E-state index is -0.390. The van der Waals surface area contributed by atoms with Crippen LogP contribution in [0.2, 0.25) is 0 Å². The second-order valence-corrected chi connectivity index (χ2v) is 7.48. The molecule has 1 unspecified atom stereocenters. The Labute approximate surface area is 175 Å². The van der Waals surface area contributed by atoms with E-state index in [1.807, 2.05) is 19.1 Å². The molecule has 0 aromatic heterocycles. The van der Waals surface area contributed by atoms with Gasteiger partial charge in [0.25, 0.3) is 5.91 Å². The van der Waals surface area contributed by atoms with Gasteiger partial charge in [-0.2, -0.15) is 0 Å². The monoisotopic (exact) mass is 411 g/mol. The minimum absolute atomic E-state index is 0.0980. The fraction of sp³-hybridized carbons (Fsp3) is 0.348. The molecule has 1 heterocycles. The Bertz CT molecular complexity index is 897. The summed E-state index contributed by atoms with van der Waals surface area (Å²) < 4.78 is 13.0. The number of nitrogens with zero attached hydrogens (tertiary/aromatic N) is 1. The Morgan fingerprint density at radius 1 is 1.00 bits per heavy atom. The number of hydrogen-bond donors (Lipinski definition) is 2. The molecule has 1 saturated heterocycles. The molecule has 0 radical (unpaired) electrons. The predicted octanol–water partition coefficient (Wildman–Crippen LogP) is 2.63. The van der Waals surface area contributed by atoms with Crippen molar-refractivity contribution >= 4 is 17.7 Å². The van der Waals surface area contributed by atoms with Crippen LogP contribution in [0.1, 0.15) is 41.3 Å². The summed E-state index contributed by atoms with van der Waals surface area (Å²) in [5.41, 5.74) is 7.25. The lowest BCUT2D eigenvalue weighted by atomic mass is 9.96. The van der Waals surface area contributed by atoms with E-state index in [0.29, 0.717) is 31.5 Å². The normalized spacial score (nSPS) is 16.1. The Hall–Kier alpha value is -3.22. The highest BCUT2D eigenvalue weighted by Gasteiger charge is 2.28. The summed E-state index contributed by atoms with van der Waals surface area (Å²) in [6.45, 7) is 2.92. The van der Waals surface area contributed by atoms with Crippen LogP contribution < -0.4 is 10.9 Å². The van der Waals surface area contributed by atoms with Gasteiger partial charge >= 0.3 is 0 Å². The molecule has 1 fully saturated rings. The molecule has 2 aromatic carbocycles. The lowest BCUT2D eigenvalue weighted by Gasteiger charge is -2.32. The number of hydrogen-bond acceptors (Lipinski definition) is 3. The molecule has 1 aliphatic heterocycles. The van der Waals surface area contributed by atoms with E-state index < -0.39 is 5.92 Å². The van der Waals surface area contributed by atoms with E-state index in [1.54, 1.807) is 29.2 Å². The number of benzene rings is 2. The van der Waals surface area contributed by atoms with Crippen LogP contribution in [0.25, 0.3) is 0 Å². The van der Waals surface area contributed by atoms with Crippen LogP contribution in [0.5, 0.6) is 0 Å². The van der Waals surface area contributed by atoms with E-state index in [0.717, 1.165) is 17.5 Å². The maximum Gasteiger partial charge on any atom is 0.269 e. The topological polar surface area (TPSA) is 78.5 Å². The zero-order valence-corrected chi connectivity index (χ0v) is 17.0. The molecule has 1 aliphatic rings. The highest BCUT2D eigenvalue weighted by molar-refractivity contribution is 5.95. The van der Waals surface area contributed by atoms with E-state index in [9.17, 15) is 18.8 Å². The number of carbonyl (C=O) groups excluding carboxylic acids is 3. The summed E-state index contributed by atoms with van der Waals surface area (Å²) in [5, 5.41) is 0. The molecular formula is C23H26FN3O3.